The van der Waals surface area contributed by atoms with Gasteiger partial charge in [-0.25, -0.2) is 0 Å². The van der Waals surface area contributed by atoms with Crippen molar-refractivity contribution in [3.05, 3.63) is 59.2 Å². The number of rotatable bonds is 9. The number of hydrogen-bond donors (Lipinski definition) is 0. The lowest BCUT2D eigenvalue weighted by atomic mass is 9.70. The molecule has 5 nitrogen and oxygen atoms in total. The molecule has 0 spiro atoms. The molecule has 0 bridgehead atoms. The van der Waals surface area contributed by atoms with Crippen LogP contribution in [0.2, 0.25) is 0 Å². The summed E-state index contributed by atoms with van der Waals surface area (Å²) in [6.45, 7) is 7.68. The Labute approximate surface area is 198 Å². The van der Waals surface area contributed by atoms with Gasteiger partial charge < -0.3 is 19.5 Å². The molecule has 0 N–H and O–H groups in total. The molecule has 0 aromatic heterocycles. The monoisotopic (exact) mass is 447 g/mol. The Morgan fingerprint density at radius 2 is 1.94 bits per heavy atom. The molecule has 5 heteroatoms. The van der Waals surface area contributed by atoms with E-state index >= 15 is 0 Å². The number of para-hydroxylation sites is 1. The van der Waals surface area contributed by atoms with Crippen molar-refractivity contribution in [2.24, 2.45) is 0 Å². The molecule has 0 amide bonds. The Morgan fingerprint density at radius 1 is 1.18 bits per heavy atom. The lowest BCUT2D eigenvalue weighted by molar-refractivity contribution is -0.106. The number of fused-ring (bicyclic) bond motifs is 3. The first-order chi connectivity index (χ1) is 15.9. The van der Waals surface area contributed by atoms with Crippen LogP contribution >= 0.6 is 0 Å². The molecular formula is C28H37N3O2. The van der Waals surface area contributed by atoms with E-state index in [0.29, 0.717) is 19.0 Å². The van der Waals surface area contributed by atoms with Gasteiger partial charge in [0.1, 0.15) is 6.29 Å². The summed E-state index contributed by atoms with van der Waals surface area (Å²) < 4.78 is 0. The molecule has 2 unspecified atom stereocenters. The topological polar surface area (TPSA) is 43.9 Å². The minimum Gasteiger partial charge on any atom is -0.376 e. The van der Waals surface area contributed by atoms with Gasteiger partial charge >= 0.3 is 0 Å². The van der Waals surface area contributed by atoms with Crippen LogP contribution in [0, 0.1) is 6.92 Å². The second-order valence-corrected chi connectivity index (χ2v) is 9.87. The maximum atomic E-state index is 12.6. The average Bonchev–Trinajstić information content (AvgIpc) is 3.09. The van der Waals surface area contributed by atoms with E-state index in [1.807, 2.05) is 31.2 Å². The van der Waals surface area contributed by atoms with Gasteiger partial charge in [0.25, 0.3) is 0 Å². The number of anilines is 2. The number of ketones is 1. The number of piperidine rings is 1. The first kappa shape index (κ1) is 23.5. The van der Waals surface area contributed by atoms with Crippen LogP contribution in [-0.4, -0.2) is 63.3 Å². The zero-order valence-electron chi connectivity index (χ0n) is 20.5. The van der Waals surface area contributed by atoms with Gasteiger partial charge in [-0.3, -0.25) is 4.79 Å². The molecule has 33 heavy (non-hydrogen) atoms. The largest absolute Gasteiger partial charge is 0.376 e. The molecule has 0 saturated carbocycles. The number of nitrogens with zero attached hydrogens (tertiary/aromatic N) is 3. The maximum Gasteiger partial charge on any atom is 0.162 e. The standard InChI is InChI=1S/C28H37N3O2/c1-5-28-20-30(16-7-10-25(33)22-13-11-21(2)12-14-22)17-15-26(28)31(18-19-32)27-23(28)8-6-9-24(27)29(3)4/h6,8-9,11-14,19,26H,5,7,10,15-18,20H2,1-4H3. The van der Waals surface area contributed by atoms with Crippen LogP contribution in [0.5, 0.6) is 0 Å². The van der Waals surface area contributed by atoms with E-state index in [-0.39, 0.29) is 11.2 Å². The van der Waals surface area contributed by atoms with Crippen molar-refractivity contribution >= 4 is 23.4 Å². The van der Waals surface area contributed by atoms with E-state index in [9.17, 15) is 9.59 Å². The van der Waals surface area contributed by atoms with Gasteiger partial charge in [-0.05, 0) is 44.4 Å². The van der Waals surface area contributed by atoms with Gasteiger partial charge in [-0.15, -0.1) is 0 Å². The molecule has 0 aliphatic carbocycles. The number of Topliss-reactive ketones (excluding diaryl/α,β-unsaturated/α-hetero) is 1. The lowest BCUT2D eigenvalue weighted by Crippen LogP contribution is -2.57. The van der Waals surface area contributed by atoms with Crippen LogP contribution in [0.1, 0.15) is 54.1 Å². The summed E-state index contributed by atoms with van der Waals surface area (Å²) in [6, 6.07) is 14.8. The molecule has 2 aromatic carbocycles. The molecule has 0 radical (unpaired) electrons. The van der Waals surface area contributed by atoms with Crippen LogP contribution < -0.4 is 9.80 Å². The highest BCUT2D eigenvalue weighted by Gasteiger charge is 2.53. The first-order valence-corrected chi connectivity index (χ1v) is 12.2. The average molecular weight is 448 g/mol. The molecule has 2 aromatic rings. The second kappa shape index (κ2) is 9.68. The zero-order chi connectivity index (χ0) is 23.6. The fourth-order valence-corrected chi connectivity index (χ4v) is 6.01. The summed E-state index contributed by atoms with van der Waals surface area (Å²) in [5, 5.41) is 0. The van der Waals surface area contributed by atoms with Crippen LogP contribution in [0.4, 0.5) is 11.4 Å². The normalized spacial score (nSPS) is 22.1. The van der Waals surface area contributed by atoms with Gasteiger partial charge in [0.15, 0.2) is 5.78 Å². The van der Waals surface area contributed by atoms with Crippen molar-refractivity contribution < 1.29 is 9.59 Å². The number of aryl methyl sites for hydroxylation is 1. The fourth-order valence-electron chi connectivity index (χ4n) is 6.01. The number of hydrogen-bond acceptors (Lipinski definition) is 5. The SMILES string of the molecule is CCC12CN(CCCC(=O)c3ccc(C)cc3)CCC1N(CC=O)c1c(N(C)C)cccc12. The van der Waals surface area contributed by atoms with Crippen molar-refractivity contribution in [3.8, 4) is 0 Å². The van der Waals surface area contributed by atoms with E-state index in [1.54, 1.807) is 0 Å². The van der Waals surface area contributed by atoms with Crippen LogP contribution in [0.25, 0.3) is 0 Å². The third-order valence-electron chi connectivity index (χ3n) is 7.71. The highest BCUT2D eigenvalue weighted by molar-refractivity contribution is 5.96. The minimum atomic E-state index is 0.0174. The van der Waals surface area contributed by atoms with Gasteiger partial charge in [0, 0.05) is 50.6 Å². The molecule has 1 fully saturated rings. The van der Waals surface area contributed by atoms with Crippen LogP contribution in [0.15, 0.2) is 42.5 Å². The van der Waals surface area contributed by atoms with Crippen LogP contribution in [0.3, 0.4) is 0 Å². The predicted molar refractivity (Wildman–Crippen MR) is 136 cm³/mol. The highest BCUT2D eigenvalue weighted by Crippen LogP contribution is 2.53. The minimum absolute atomic E-state index is 0.0174. The van der Waals surface area contributed by atoms with Crippen molar-refractivity contribution in [1.29, 1.82) is 0 Å². The Morgan fingerprint density at radius 3 is 2.61 bits per heavy atom. The molecule has 4 rings (SSSR count). The molecular weight excluding hydrogens is 410 g/mol. The zero-order valence-corrected chi connectivity index (χ0v) is 20.5. The van der Waals surface area contributed by atoms with E-state index in [1.165, 1.54) is 22.5 Å². The Hall–Kier alpha value is -2.66. The maximum absolute atomic E-state index is 12.6. The molecule has 2 aliphatic rings. The van der Waals surface area contributed by atoms with Gasteiger partial charge in [0.05, 0.1) is 17.9 Å². The van der Waals surface area contributed by atoms with Crippen molar-refractivity contribution in [1.82, 2.24) is 4.90 Å². The van der Waals surface area contributed by atoms with E-state index in [0.717, 1.165) is 50.7 Å². The third-order valence-corrected chi connectivity index (χ3v) is 7.71. The summed E-state index contributed by atoms with van der Waals surface area (Å²) in [5.41, 5.74) is 5.81. The van der Waals surface area contributed by atoms with Crippen molar-refractivity contribution in [2.45, 2.75) is 51.0 Å². The summed E-state index contributed by atoms with van der Waals surface area (Å²) in [4.78, 5) is 31.3. The third kappa shape index (κ3) is 4.31. The number of aldehydes is 1. The Kier molecular flexibility index (Phi) is 6.89. The number of carbonyl (C=O) groups is 2. The summed E-state index contributed by atoms with van der Waals surface area (Å²) in [5.74, 6) is 0.231. The molecule has 2 heterocycles. The van der Waals surface area contributed by atoms with Crippen molar-refractivity contribution in [2.75, 3.05) is 50.1 Å². The smallest absolute Gasteiger partial charge is 0.162 e. The van der Waals surface area contributed by atoms with Crippen LogP contribution in [-0.2, 0) is 10.2 Å². The quantitative estimate of drug-likeness (QED) is 0.419. The predicted octanol–water partition coefficient (Wildman–Crippen LogP) is 4.47. The number of likely N-dealkylation sites (tertiary alicyclic amines) is 1. The second-order valence-electron chi connectivity index (χ2n) is 9.87. The van der Waals surface area contributed by atoms with E-state index in [4.69, 9.17) is 0 Å². The highest BCUT2D eigenvalue weighted by atomic mass is 16.1. The van der Waals surface area contributed by atoms with Gasteiger partial charge in [0.2, 0.25) is 0 Å². The molecule has 2 atom stereocenters. The summed E-state index contributed by atoms with van der Waals surface area (Å²) in [6.07, 6.45) is 4.58. The number of benzene rings is 2. The lowest BCUT2D eigenvalue weighted by Gasteiger charge is -2.47. The molecule has 176 valence electrons. The molecule has 1 saturated heterocycles. The van der Waals surface area contributed by atoms with E-state index < -0.39 is 0 Å². The summed E-state index contributed by atoms with van der Waals surface area (Å²) in [7, 11) is 4.15. The Balaban J connectivity index is 1.51. The fraction of sp³-hybridized carbons (Fsp3) is 0.500. The van der Waals surface area contributed by atoms with E-state index in [2.05, 4.69) is 53.9 Å². The van der Waals surface area contributed by atoms with Gasteiger partial charge in [-0.1, -0.05) is 48.9 Å². The summed E-state index contributed by atoms with van der Waals surface area (Å²) >= 11 is 0. The Bertz CT molecular complexity index is 1000. The first-order valence-electron chi connectivity index (χ1n) is 12.2. The molecule has 2 aliphatic heterocycles. The van der Waals surface area contributed by atoms with Gasteiger partial charge in [-0.2, -0.15) is 0 Å². The van der Waals surface area contributed by atoms with Crippen molar-refractivity contribution in [3.63, 3.8) is 0 Å². The number of carbonyl (C=O) groups excluding carboxylic acids is 2.